The highest BCUT2D eigenvalue weighted by Crippen LogP contribution is 2.24. The van der Waals surface area contributed by atoms with Crippen LogP contribution in [-0.2, 0) is 4.79 Å². The number of rotatable bonds is 6. The number of amides is 2. The summed E-state index contributed by atoms with van der Waals surface area (Å²) in [6.07, 6.45) is -0.727. The molecule has 0 aliphatic rings. The van der Waals surface area contributed by atoms with Crippen LogP contribution >= 0.6 is 34.2 Å². The molecule has 3 rings (SSSR count). The van der Waals surface area contributed by atoms with E-state index in [1.54, 1.807) is 61.5 Å². The van der Waals surface area contributed by atoms with Gasteiger partial charge in [-0.2, -0.15) is 0 Å². The van der Waals surface area contributed by atoms with Gasteiger partial charge in [-0.15, -0.1) is 0 Å². The molecule has 5 nitrogen and oxygen atoms in total. The van der Waals surface area contributed by atoms with Crippen LogP contribution in [0.5, 0.6) is 5.75 Å². The maximum absolute atomic E-state index is 12.4. The average Bonchev–Trinajstić information content (AvgIpc) is 2.71. The molecule has 0 fully saturated rings. The zero-order valence-corrected chi connectivity index (χ0v) is 18.4. The smallest absolute Gasteiger partial charge is 0.265 e. The number of nitrogens with one attached hydrogen (secondary N) is 2. The minimum atomic E-state index is -0.727. The summed E-state index contributed by atoms with van der Waals surface area (Å²) < 4.78 is 6.60. The molecule has 7 heteroatoms. The third-order valence-electron chi connectivity index (χ3n) is 4.01. The molecule has 1 unspecified atom stereocenters. The minimum Gasteiger partial charge on any atom is -0.479 e. The van der Waals surface area contributed by atoms with Gasteiger partial charge >= 0.3 is 0 Å². The Morgan fingerprint density at radius 1 is 0.931 bits per heavy atom. The van der Waals surface area contributed by atoms with Gasteiger partial charge in [0.1, 0.15) is 5.75 Å². The Bertz CT molecular complexity index is 1020. The Labute approximate surface area is 187 Å². The summed E-state index contributed by atoms with van der Waals surface area (Å²) in [5, 5.41) is 6.06. The van der Waals surface area contributed by atoms with Gasteiger partial charge in [0.2, 0.25) is 0 Å². The summed E-state index contributed by atoms with van der Waals surface area (Å²) in [5.74, 6) is -0.0481. The molecule has 0 aliphatic heterocycles. The third kappa shape index (κ3) is 5.95. The predicted octanol–water partition coefficient (Wildman–Crippen LogP) is 5.60. The molecule has 3 aromatic rings. The highest BCUT2D eigenvalue weighted by molar-refractivity contribution is 14.1. The molecule has 0 radical (unpaired) electrons. The number of ether oxygens (including phenoxy) is 1. The SMILES string of the molecule is CC(Oc1ccccc1Cl)C(=O)Nc1ccc(NC(=O)c2cccc(I)c2)cc1. The molecule has 0 saturated carbocycles. The van der Waals surface area contributed by atoms with E-state index in [2.05, 4.69) is 33.2 Å². The first kappa shape index (κ1) is 21.1. The van der Waals surface area contributed by atoms with Gasteiger partial charge in [0.15, 0.2) is 6.10 Å². The van der Waals surface area contributed by atoms with E-state index < -0.39 is 6.10 Å². The maximum Gasteiger partial charge on any atom is 0.265 e. The Morgan fingerprint density at radius 2 is 1.59 bits per heavy atom. The second kappa shape index (κ2) is 9.76. The lowest BCUT2D eigenvalue weighted by Gasteiger charge is -2.15. The van der Waals surface area contributed by atoms with Crippen molar-refractivity contribution in [2.45, 2.75) is 13.0 Å². The standard InChI is InChI=1S/C22H18ClIN2O3/c1-14(29-20-8-3-2-7-19(20)23)21(27)25-17-9-11-18(12-10-17)26-22(28)15-5-4-6-16(24)13-15/h2-14H,1H3,(H,25,27)(H,26,28). The molecular formula is C22H18ClIN2O3. The van der Waals surface area contributed by atoms with E-state index in [0.29, 0.717) is 27.7 Å². The van der Waals surface area contributed by atoms with Gasteiger partial charge in [0.05, 0.1) is 5.02 Å². The van der Waals surface area contributed by atoms with Crippen molar-refractivity contribution in [2.75, 3.05) is 10.6 Å². The molecule has 0 aliphatic carbocycles. The molecule has 29 heavy (non-hydrogen) atoms. The average molecular weight is 521 g/mol. The van der Waals surface area contributed by atoms with Crippen LogP contribution in [0.2, 0.25) is 5.02 Å². The van der Waals surface area contributed by atoms with E-state index in [4.69, 9.17) is 16.3 Å². The van der Waals surface area contributed by atoms with Crippen molar-refractivity contribution in [1.29, 1.82) is 0 Å². The van der Waals surface area contributed by atoms with Gasteiger partial charge in [-0.25, -0.2) is 0 Å². The predicted molar refractivity (Wildman–Crippen MR) is 124 cm³/mol. The van der Waals surface area contributed by atoms with Crippen LogP contribution in [-0.4, -0.2) is 17.9 Å². The van der Waals surface area contributed by atoms with E-state index in [9.17, 15) is 9.59 Å². The first-order valence-corrected chi connectivity index (χ1v) is 10.3. The molecule has 0 heterocycles. The largest absolute Gasteiger partial charge is 0.479 e. The lowest BCUT2D eigenvalue weighted by Crippen LogP contribution is -2.30. The zero-order chi connectivity index (χ0) is 20.8. The lowest BCUT2D eigenvalue weighted by molar-refractivity contribution is -0.122. The van der Waals surface area contributed by atoms with E-state index in [0.717, 1.165) is 3.57 Å². The molecule has 2 N–H and O–H groups in total. The number of para-hydroxylation sites is 1. The van der Waals surface area contributed by atoms with Crippen molar-refractivity contribution in [3.63, 3.8) is 0 Å². The number of hydrogen-bond donors (Lipinski definition) is 2. The first-order chi connectivity index (χ1) is 13.9. The number of anilines is 2. The van der Waals surface area contributed by atoms with Gasteiger partial charge in [-0.3, -0.25) is 9.59 Å². The molecule has 2 amide bonds. The van der Waals surface area contributed by atoms with Gasteiger partial charge in [-0.05, 0) is 84.1 Å². The summed E-state index contributed by atoms with van der Waals surface area (Å²) in [6, 6.07) is 21.2. The second-order valence-corrected chi connectivity index (χ2v) is 7.87. The van der Waals surface area contributed by atoms with Crippen molar-refractivity contribution >= 4 is 57.4 Å². The van der Waals surface area contributed by atoms with Crippen LogP contribution < -0.4 is 15.4 Å². The van der Waals surface area contributed by atoms with Crippen LogP contribution in [0.1, 0.15) is 17.3 Å². The van der Waals surface area contributed by atoms with E-state index in [-0.39, 0.29) is 11.8 Å². The number of carbonyl (C=O) groups excluding carboxylic acids is 2. The number of halogens is 2. The fraction of sp³-hybridized carbons (Fsp3) is 0.0909. The van der Waals surface area contributed by atoms with Crippen molar-refractivity contribution in [2.24, 2.45) is 0 Å². The fourth-order valence-electron chi connectivity index (χ4n) is 2.50. The molecule has 0 saturated heterocycles. The lowest BCUT2D eigenvalue weighted by atomic mass is 10.2. The molecular weight excluding hydrogens is 503 g/mol. The molecule has 1 atom stereocenters. The van der Waals surface area contributed by atoms with Crippen molar-refractivity contribution in [3.05, 3.63) is 87.0 Å². The van der Waals surface area contributed by atoms with Crippen LogP contribution in [0.25, 0.3) is 0 Å². The molecule has 0 aromatic heterocycles. The number of benzene rings is 3. The minimum absolute atomic E-state index is 0.193. The van der Waals surface area contributed by atoms with Gasteiger partial charge < -0.3 is 15.4 Å². The number of hydrogen-bond acceptors (Lipinski definition) is 3. The Morgan fingerprint density at radius 3 is 2.24 bits per heavy atom. The van der Waals surface area contributed by atoms with Gasteiger partial charge in [0, 0.05) is 20.5 Å². The molecule has 0 bridgehead atoms. The van der Waals surface area contributed by atoms with Gasteiger partial charge in [0.25, 0.3) is 11.8 Å². The fourth-order valence-corrected chi connectivity index (χ4v) is 3.22. The summed E-state index contributed by atoms with van der Waals surface area (Å²) in [4.78, 5) is 24.7. The van der Waals surface area contributed by atoms with Crippen molar-refractivity contribution in [3.8, 4) is 5.75 Å². The van der Waals surface area contributed by atoms with Crippen LogP contribution in [0.3, 0.4) is 0 Å². The highest BCUT2D eigenvalue weighted by Gasteiger charge is 2.16. The molecule has 148 valence electrons. The number of carbonyl (C=O) groups is 2. The molecule has 0 spiro atoms. The topological polar surface area (TPSA) is 67.4 Å². The van der Waals surface area contributed by atoms with Crippen molar-refractivity contribution < 1.29 is 14.3 Å². The highest BCUT2D eigenvalue weighted by atomic mass is 127. The molecule has 3 aromatic carbocycles. The van der Waals surface area contributed by atoms with E-state index >= 15 is 0 Å². The Kier molecular flexibility index (Phi) is 7.11. The van der Waals surface area contributed by atoms with Crippen LogP contribution in [0.15, 0.2) is 72.8 Å². The Hall–Kier alpha value is -2.58. The summed E-state index contributed by atoms with van der Waals surface area (Å²) >= 11 is 8.21. The summed E-state index contributed by atoms with van der Waals surface area (Å²) in [7, 11) is 0. The van der Waals surface area contributed by atoms with Gasteiger partial charge in [-0.1, -0.05) is 29.8 Å². The summed E-state index contributed by atoms with van der Waals surface area (Å²) in [6.45, 7) is 1.65. The van der Waals surface area contributed by atoms with Crippen molar-refractivity contribution in [1.82, 2.24) is 0 Å². The maximum atomic E-state index is 12.4. The van der Waals surface area contributed by atoms with E-state index in [1.165, 1.54) is 0 Å². The third-order valence-corrected chi connectivity index (χ3v) is 4.99. The van der Waals surface area contributed by atoms with Crippen LogP contribution in [0.4, 0.5) is 11.4 Å². The normalized spacial score (nSPS) is 11.4. The quantitative estimate of drug-likeness (QED) is 0.416. The zero-order valence-electron chi connectivity index (χ0n) is 15.5. The second-order valence-electron chi connectivity index (χ2n) is 6.22. The first-order valence-electron chi connectivity index (χ1n) is 8.81. The monoisotopic (exact) mass is 520 g/mol. The van der Waals surface area contributed by atoms with E-state index in [1.807, 2.05) is 18.2 Å². The summed E-state index contributed by atoms with van der Waals surface area (Å²) in [5.41, 5.74) is 1.81. The van der Waals surface area contributed by atoms with Crippen LogP contribution in [0, 0.1) is 3.57 Å². The Balaban J connectivity index is 1.57.